The third kappa shape index (κ3) is 6.55. The molecule has 0 saturated heterocycles. The molecule has 0 radical (unpaired) electrons. The molecule has 0 unspecified atom stereocenters. The Balaban J connectivity index is 1.68. The Bertz CT molecular complexity index is 1630. The molecule has 200 valence electrons. The number of anilines is 1. The van der Waals surface area contributed by atoms with Gasteiger partial charge in [-0.25, -0.2) is 4.98 Å². The first kappa shape index (κ1) is 27.6. The van der Waals surface area contributed by atoms with Crippen molar-refractivity contribution in [2.45, 2.75) is 33.1 Å². The summed E-state index contributed by atoms with van der Waals surface area (Å²) in [7, 11) is 0. The Labute approximate surface area is 232 Å². The highest BCUT2D eigenvalue weighted by Crippen LogP contribution is 2.24. The number of hydrogen-bond donors (Lipinski definition) is 1. The number of aryl methyl sites for hydroxylation is 1. The predicted molar refractivity (Wildman–Crippen MR) is 154 cm³/mol. The number of benzene rings is 3. The lowest BCUT2D eigenvalue weighted by atomic mass is 10.1. The summed E-state index contributed by atoms with van der Waals surface area (Å²) in [6.07, 6.45) is 2.02. The van der Waals surface area contributed by atoms with Gasteiger partial charge in [-0.1, -0.05) is 47.5 Å². The van der Waals surface area contributed by atoms with E-state index in [0.717, 1.165) is 10.0 Å². The summed E-state index contributed by atoms with van der Waals surface area (Å²) < 4.78 is 7.62. The summed E-state index contributed by atoms with van der Waals surface area (Å²) in [6, 6.07) is 16.5. The maximum Gasteiger partial charge on any atom is 0.282 e. The van der Waals surface area contributed by atoms with E-state index in [1.807, 2.05) is 39.0 Å². The van der Waals surface area contributed by atoms with Crippen molar-refractivity contribution >= 4 is 50.3 Å². The standard InChI is InChI=1S/C28H26BrN5O5/c1-4-18(3)27-32-24-11-7-20(29)14-23(24)28(36)33(27)30-15-19-13-22(34(37)38)10-12-25(19)39-16-26(35)31-21-8-5-17(2)6-9-21/h5-15,18H,4,16H2,1-3H3,(H,31,35)/t18-/m1/s1. The third-order valence-electron chi connectivity index (χ3n) is 6.10. The van der Waals surface area contributed by atoms with Gasteiger partial charge < -0.3 is 10.1 Å². The number of nitrogens with zero attached hydrogens (tertiary/aromatic N) is 4. The normalized spacial score (nSPS) is 12.0. The fourth-order valence-corrected chi connectivity index (χ4v) is 4.12. The van der Waals surface area contributed by atoms with Crippen LogP contribution in [0, 0.1) is 17.0 Å². The summed E-state index contributed by atoms with van der Waals surface area (Å²) >= 11 is 3.38. The average molecular weight is 592 g/mol. The van der Waals surface area contributed by atoms with Crippen molar-refractivity contribution in [3.63, 3.8) is 0 Å². The number of non-ortho nitro benzene ring substituents is 1. The second-order valence-electron chi connectivity index (χ2n) is 8.98. The van der Waals surface area contributed by atoms with E-state index in [9.17, 15) is 19.7 Å². The number of nitro groups is 1. The zero-order valence-electron chi connectivity index (χ0n) is 21.6. The highest BCUT2D eigenvalue weighted by Gasteiger charge is 2.17. The second-order valence-corrected chi connectivity index (χ2v) is 9.90. The SMILES string of the molecule is CC[C@@H](C)c1nc2ccc(Br)cc2c(=O)n1N=Cc1cc([N+](=O)[O-])ccc1OCC(=O)Nc1ccc(C)cc1. The topological polar surface area (TPSA) is 129 Å². The molecule has 4 rings (SSSR count). The lowest BCUT2D eigenvalue weighted by molar-refractivity contribution is -0.384. The minimum atomic E-state index is -0.545. The molecule has 0 fully saturated rings. The van der Waals surface area contributed by atoms with Crippen LogP contribution in [0.5, 0.6) is 5.75 Å². The molecule has 1 heterocycles. The second kappa shape index (κ2) is 12.0. The number of rotatable bonds is 9. The van der Waals surface area contributed by atoms with Crippen LogP contribution in [0.25, 0.3) is 10.9 Å². The number of carbonyl (C=O) groups is 1. The fraction of sp³-hybridized carbons (Fsp3) is 0.214. The minimum absolute atomic E-state index is 0.0887. The van der Waals surface area contributed by atoms with Gasteiger partial charge in [0.1, 0.15) is 11.6 Å². The Morgan fingerprint density at radius 2 is 1.95 bits per heavy atom. The van der Waals surface area contributed by atoms with Crippen LogP contribution in [-0.4, -0.2) is 33.3 Å². The first-order valence-corrected chi connectivity index (χ1v) is 13.0. The third-order valence-corrected chi connectivity index (χ3v) is 6.59. The number of aromatic nitrogens is 2. The van der Waals surface area contributed by atoms with Gasteiger partial charge in [0.25, 0.3) is 17.2 Å². The summed E-state index contributed by atoms with van der Waals surface area (Å²) in [5, 5.41) is 18.9. The molecule has 1 aromatic heterocycles. The highest BCUT2D eigenvalue weighted by molar-refractivity contribution is 9.10. The van der Waals surface area contributed by atoms with Crippen LogP contribution < -0.4 is 15.6 Å². The molecule has 3 aromatic carbocycles. The monoisotopic (exact) mass is 591 g/mol. The van der Waals surface area contributed by atoms with E-state index in [-0.39, 0.29) is 35.1 Å². The first-order chi connectivity index (χ1) is 18.7. The maximum absolute atomic E-state index is 13.4. The number of carbonyl (C=O) groups excluding carboxylic acids is 1. The van der Waals surface area contributed by atoms with Crippen LogP contribution in [0.1, 0.15) is 43.1 Å². The van der Waals surface area contributed by atoms with Crippen LogP contribution in [-0.2, 0) is 4.79 Å². The predicted octanol–water partition coefficient (Wildman–Crippen LogP) is 5.79. The maximum atomic E-state index is 13.4. The number of nitrogens with one attached hydrogen (secondary N) is 1. The van der Waals surface area contributed by atoms with E-state index in [1.165, 1.54) is 29.1 Å². The van der Waals surface area contributed by atoms with Crippen molar-refractivity contribution in [2.24, 2.45) is 5.10 Å². The molecule has 0 bridgehead atoms. The molecule has 0 aliphatic rings. The molecule has 11 heteroatoms. The Morgan fingerprint density at radius 3 is 2.64 bits per heavy atom. The summed E-state index contributed by atoms with van der Waals surface area (Å²) in [6.45, 7) is 5.52. The zero-order valence-corrected chi connectivity index (χ0v) is 23.1. The van der Waals surface area contributed by atoms with Crippen molar-refractivity contribution in [2.75, 3.05) is 11.9 Å². The molecule has 1 atom stereocenters. The van der Waals surface area contributed by atoms with Crippen molar-refractivity contribution in [3.8, 4) is 5.75 Å². The molecule has 0 spiro atoms. The average Bonchev–Trinajstić information content (AvgIpc) is 2.92. The van der Waals surface area contributed by atoms with Crippen molar-refractivity contribution < 1.29 is 14.5 Å². The number of amides is 1. The Hall–Kier alpha value is -4.38. The van der Waals surface area contributed by atoms with E-state index < -0.39 is 10.8 Å². The number of hydrogen-bond acceptors (Lipinski definition) is 7. The molecule has 1 N–H and O–H groups in total. The number of nitro benzene ring substituents is 1. The van der Waals surface area contributed by atoms with Crippen molar-refractivity contribution in [1.29, 1.82) is 0 Å². The fourth-order valence-electron chi connectivity index (χ4n) is 3.76. The number of ether oxygens (including phenoxy) is 1. The van der Waals surface area contributed by atoms with E-state index in [0.29, 0.717) is 28.8 Å². The van der Waals surface area contributed by atoms with Crippen LogP contribution >= 0.6 is 15.9 Å². The molecular formula is C28H26BrN5O5. The lowest BCUT2D eigenvalue weighted by Crippen LogP contribution is -2.24. The molecule has 0 saturated carbocycles. The van der Waals surface area contributed by atoms with Gasteiger partial charge in [0, 0.05) is 33.8 Å². The van der Waals surface area contributed by atoms with Crippen molar-refractivity contribution in [1.82, 2.24) is 9.66 Å². The first-order valence-electron chi connectivity index (χ1n) is 12.2. The largest absolute Gasteiger partial charge is 0.483 e. The summed E-state index contributed by atoms with van der Waals surface area (Å²) in [4.78, 5) is 41.4. The van der Waals surface area contributed by atoms with Gasteiger partial charge in [0.05, 0.1) is 22.0 Å². The van der Waals surface area contributed by atoms with E-state index in [2.05, 4.69) is 31.3 Å². The smallest absolute Gasteiger partial charge is 0.282 e. The number of fused-ring (bicyclic) bond motifs is 1. The highest BCUT2D eigenvalue weighted by atomic mass is 79.9. The zero-order chi connectivity index (χ0) is 28.1. The van der Waals surface area contributed by atoms with Gasteiger partial charge in [-0.05, 0) is 49.7 Å². The van der Waals surface area contributed by atoms with Crippen LogP contribution in [0.2, 0.25) is 0 Å². The van der Waals surface area contributed by atoms with Gasteiger partial charge in [-0.15, -0.1) is 0 Å². The van der Waals surface area contributed by atoms with Crippen molar-refractivity contribution in [3.05, 3.63) is 103 Å². The lowest BCUT2D eigenvalue weighted by Gasteiger charge is -2.14. The molecule has 10 nitrogen and oxygen atoms in total. The number of halogens is 1. The molecule has 39 heavy (non-hydrogen) atoms. The van der Waals surface area contributed by atoms with Gasteiger partial charge in [0.2, 0.25) is 0 Å². The molecule has 4 aromatic rings. The van der Waals surface area contributed by atoms with E-state index >= 15 is 0 Å². The van der Waals surface area contributed by atoms with Gasteiger partial charge in [0.15, 0.2) is 6.61 Å². The van der Waals surface area contributed by atoms with Crippen LogP contribution in [0.15, 0.2) is 75.0 Å². The summed E-state index contributed by atoms with van der Waals surface area (Å²) in [5.41, 5.74) is 1.88. The Morgan fingerprint density at radius 1 is 1.21 bits per heavy atom. The molecule has 1 amide bonds. The van der Waals surface area contributed by atoms with Gasteiger partial charge in [-0.3, -0.25) is 19.7 Å². The summed E-state index contributed by atoms with van der Waals surface area (Å²) in [5.74, 6) is 0.158. The molecular weight excluding hydrogens is 566 g/mol. The van der Waals surface area contributed by atoms with E-state index in [4.69, 9.17) is 4.74 Å². The van der Waals surface area contributed by atoms with Crippen LogP contribution in [0.4, 0.5) is 11.4 Å². The quantitative estimate of drug-likeness (QED) is 0.149. The molecule has 0 aliphatic carbocycles. The minimum Gasteiger partial charge on any atom is -0.483 e. The van der Waals surface area contributed by atoms with E-state index in [1.54, 1.807) is 24.3 Å². The Kier molecular flexibility index (Phi) is 8.50. The van der Waals surface area contributed by atoms with Gasteiger partial charge in [-0.2, -0.15) is 9.78 Å². The van der Waals surface area contributed by atoms with Gasteiger partial charge >= 0.3 is 0 Å². The molecule has 0 aliphatic heterocycles. The van der Waals surface area contributed by atoms with Crippen LogP contribution in [0.3, 0.4) is 0 Å².